The number of hydrogen-bond donors (Lipinski definition) is 1. The van der Waals surface area contributed by atoms with Crippen LogP contribution in [0.4, 0.5) is 0 Å². The predicted molar refractivity (Wildman–Crippen MR) is 68.6 cm³/mol. The Hall–Kier alpha value is -1.68. The zero-order chi connectivity index (χ0) is 12.5. The Balaban J connectivity index is 2.20. The largest absolute Gasteiger partial charge is 0.387 e. The maximum atomic E-state index is 10.2. The molecule has 2 heterocycles. The predicted octanol–water partition coefficient (Wildman–Crippen LogP) is 2.34. The van der Waals surface area contributed by atoms with E-state index in [0.717, 1.165) is 42.8 Å². The molecule has 0 aromatic carbocycles. The molecule has 0 spiro atoms. The lowest BCUT2D eigenvalue weighted by Gasteiger charge is -2.16. The summed E-state index contributed by atoms with van der Waals surface area (Å²) < 4.78 is 2.01. The first-order valence-corrected chi connectivity index (χ1v) is 6.42. The number of rotatable bonds is 1. The summed E-state index contributed by atoms with van der Waals surface area (Å²) in [6.45, 7) is 1.97. The van der Waals surface area contributed by atoms with Crippen molar-refractivity contribution in [3.8, 4) is 5.69 Å². The fraction of sp³-hybridized carbons (Fsp3) is 0.429. The van der Waals surface area contributed by atoms with Crippen molar-refractivity contribution >= 4 is 0 Å². The van der Waals surface area contributed by atoms with E-state index < -0.39 is 6.10 Å². The van der Waals surface area contributed by atoms with Gasteiger partial charge in [0.15, 0.2) is 0 Å². The first-order chi connectivity index (χ1) is 8.75. The molecular formula is C14H17N3O. The summed E-state index contributed by atoms with van der Waals surface area (Å²) in [6, 6.07) is 2.07. The van der Waals surface area contributed by atoms with Gasteiger partial charge < -0.3 is 9.67 Å². The lowest BCUT2D eigenvalue weighted by Crippen LogP contribution is -2.08. The van der Waals surface area contributed by atoms with Gasteiger partial charge in [-0.25, -0.2) is 4.98 Å². The molecule has 1 N–H and O–H groups in total. The second kappa shape index (κ2) is 4.53. The number of imidazole rings is 1. The molecule has 18 heavy (non-hydrogen) atoms. The normalized spacial score (nSPS) is 19.3. The molecule has 1 atom stereocenters. The highest BCUT2D eigenvalue weighted by Gasteiger charge is 2.21. The first kappa shape index (κ1) is 11.4. The Kier molecular flexibility index (Phi) is 2.88. The molecule has 0 aliphatic heterocycles. The summed E-state index contributed by atoms with van der Waals surface area (Å²) >= 11 is 0. The smallest absolute Gasteiger partial charge is 0.0991 e. The summed E-state index contributed by atoms with van der Waals surface area (Å²) in [7, 11) is 0. The van der Waals surface area contributed by atoms with E-state index >= 15 is 0 Å². The Bertz CT molecular complexity index is 548. The van der Waals surface area contributed by atoms with Crippen molar-refractivity contribution in [2.24, 2.45) is 0 Å². The van der Waals surface area contributed by atoms with E-state index in [1.165, 1.54) is 5.56 Å². The van der Waals surface area contributed by atoms with Crippen molar-refractivity contribution in [2.45, 2.75) is 38.7 Å². The van der Waals surface area contributed by atoms with Crippen molar-refractivity contribution in [3.05, 3.63) is 41.7 Å². The second-order valence-corrected chi connectivity index (χ2v) is 4.88. The molecule has 4 heteroatoms. The lowest BCUT2D eigenvalue weighted by molar-refractivity contribution is 0.162. The third-order valence-electron chi connectivity index (χ3n) is 3.51. The number of hydrogen-bond acceptors (Lipinski definition) is 3. The van der Waals surface area contributed by atoms with Crippen LogP contribution in [0.15, 0.2) is 24.8 Å². The average molecular weight is 243 g/mol. The molecule has 2 aromatic rings. The molecule has 1 unspecified atom stereocenters. The number of pyridine rings is 1. The van der Waals surface area contributed by atoms with Crippen LogP contribution in [-0.2, 0) is 6.42 Å². The topological polar surface area (TPSA) is 50.9 Å². The summed E-state index contributed by atoms with van der Waals surface area (Å²) in [6.07, 6.45) is 9.04. The van der Waals surface area contributed by atoms with Crippen molar-refractivity contribution in [1.29, 1.82) is 0 Å². The summed E-state index contributed by atoms with van der Waals surface area (Å²) in [4.78, 5) is 8.64. The molecule has 0 saturated heterocycles. The summed E-state index contributed by atoms with van der Waals surface area (Å²) in [5, 5.41) is 10.2. The van der Waals surface area contributed by atoms with Crippen LogP contribution in [0.25, 0.3) is 5.69 Å². The average Bonchev–Trinajstić information content (AvgIpc) is 2.82. The third kappa shape index (κ3) is 1.93. The van der Waals surface area contributed by atoms with Crippen molar-refractivity contribution in [2.75, 3.05) is 0 Å². The monoisotopic (exact) mass is 243 g/mol. The number of aryl methyl sites for hydroxylation is 1. The van der Waals surface area contributed by atoms with Gasteiger partial charge in [-0.1, -0.05) is 6.42 Å². The van der Waals surface area contributed by atoms with Gasteiger partial charge in [0.25, 0.3) is 0 Å². The Morgan fingerprint density at radius 1 is 1.39 bits per heavy atom. The van der Waals surface area contributed by atoms with E-state index in [0.29, 0.717) is 0 Å². The van der Waals surface area contributed by atoms with E-state index in [1.807, 2.05) is 17.7 Å². The van der Waals surface area contributed by atoms with Crippen molar-refractivity contribution < 1.29 is 5.11 Å². The Labute approximate surface area is 106 Å². The van der Waals surface area contributed by atoms with E-state index in [4.69, 9.17) is 0 Å². The Morgan fingerprint density at radius 3 is 3.06 bits per heavy atom. The molecule has 2 aromatic heterocycles. The van der Waals surface area contributed by atoms with Crippen LogP contribution >= 0.6 is 0 Å². The maximum absolute atomic E-state index is 10.2. The standard InChI is InChI=1S/C14H17N3O/c1-10-8-12(17-7-6-15-9-17)11-4-2-3-5-13(18)14(11)16-10/h6-9,13,18H,2-5H2,1H3. The number of aliphatic hydroxyl groups is 1. The fourth-order valence-corrected chi connectivity index (χ4v) is 2.65. The molecule has 0 saturated carbocycles. The molecule has 0 bridgehead atoms. The third-order valence-corrected chi connectivity index (χ3v) is 3.51. The van der Waals surface area contributed by atoms with Gasteiger partial charge in [0.05, 0.1) is 23.8 Å². The van der Waals surface area contributed by atoms with Crippen LogP contribution in [0.2, 0.25) is 0 Å². The van der Waals surface area contributed by atoms with Gasteiger partial charge >= 0.3 is 0 Å². The van der Waals surface area contributed by atoms with Crippen LogP contribution in [0, 0.1) is 6.92 Å². The highest BCUT2D eigenvalue weighted by Crippen LogP contribution is 2.31. The van der Waals surface area contributed by atoms with Crippen LogP contribution in [0.3, 0.4) is 0 Å². The molecule has 0 fully saturated rings. The van der Waals surface area contributed by atoms with Gasteiger partial charge in [0.2, 0.25) is 0 Å². The molecule has 94 valence electrons. The minimum atomic E-state index is -0.426. The molecule has 4 nitrogen and oxygen atoms in total. The second-order valence-electron chi connectivity index (χ2n) is 4.88. The first-order valence-electron chi connectivity index (χ1n) is 6.42. The minimum Gasteiger partial charge on any atom is -0.387 e. The quantitative estimate of drug-likeness (QED) is 0.782. The zero-order valence-corrected chi connectivity index (χ0v) is 10.5. The van der Waals surface area contributed by atoms with Crippen LogP contribution in [0.1, 0.15) is 42.3 Å². The van der Waals surface area contributed by atoms with Crippen LogP contribution in [-0.4, -0.2) is 19.6 Å². The van der Waals surface area contributed by atoms with Crippen LogP contribution < -0.4 is 0 Å². The van der Waals surface area contributed by atoms with E-state index in [-0.39, 0.29) is 0 Å². The van der Waals surface area contributed by atoms with Crippen molar-refractivity contribution in [3.63, 3.8) is 0 Å². The van der Waals surface area contributed by atoms with E-state index in [2.05, 4.69) is 16.0 Å². The van der Waals surface area contributed by atoms with Gasteiger partial charge in [-0.05, 0) is 32.3 Å². The highest BCUT2D eigenvalue weighted by atomic mass is 16.3. The van der Waals surface area contributed by atoms with Gasteiger partial charge in [0, 0.05) is 23.7 Å². The van der Waals surface area contributed by atoms with E-state index in [9.17, 15) is 5.11 Å². The molecule has 1 aliphatic rings. The number of aliphatic hydroxyl groups excluding tert-OH is 1. The lowest BCUT2D eigenvalue weighted by atomic mass is 10.0. The molecule has 0 amide bonds. The van der Waals surface area contributed by atoms with Crippen LogP contribution in [0.5, 0.6) is 0 Å². The number of fused-ring (bicyclic) bond motifs is 1. The summed E-state index contributed by atoms with van der Waals surface area (Å²) in [5.74, 6) is 0. The van der Waals surface area contributed by atoms with Crippen molar-refractivity contribution in [1.82, 2.24) is 14.5 Å². The van der Waals surface area contributed by atoms with E-state index in [1.54, 1.807) is 12.5 Å². The molecule has 0 radical (unpaired) electrons. The van der Waals surface area contributed by atoms with Gasteiger partial charge in [-0.15, -0.1) is 0 Å². The Morgan fingerprint density at radius 2 is 2.28 bits per heavy atom. The minimum absolute atomic E-state index is 0.426. The van der Waals surface area contributed by atoms with Gasteiger partial charge in [0.1, 0.15) is 0 Å². The number of nitrogens with zero attached hydrogens (tertiary/aromatic N) is 3. The molecular weight excluding hydrogens is 226 g/mol. The SMILES string of the molecule is Cc1cc(-n2ccnc2)c2c(n1)C(O)CCCC2. The highest BCUT2D eigenvalue weighted by molar-refractivity contribution is 5.46. The fourth-order valence-electron chi connectivity index (χ4n) is 2.65. The maximum Gasteiger partial charge on any atom is 0.0991 e. The molecule has 1 aliphatic carbocycles. The zero-order valence-electron chi connectivity index (χ0n) is 10.5. The van der Waals surface area contributed by atoms with Gasteiger partial charge in [-0.3, -0.25) is 4.98 Å². The summed E-state index contributed by atoms with van der Waals surface area (Å²) in [5.41, 5.74) is 4.08. The van der Waals surface area contributed by atoms with Gasteiger partial charge in [-0.2, -0.15) is 0 Å². The molecule has 3 rings (SSSR count). The number of aromatic nitrogens is 3.